The first-order valence-corrected chi connectivity index (χ1v) is 42.0. The molecule has 6 heteroatoms. The first-order chi connectivity index (χ1) is 61.4. The van der Waals surface area contributed by atoms with Crippen LogP contribution in [-0.4, -0.2) is 29.9 Å². The molecule has 0 amide bonds. The Morgan fingerprint density at radius 2 is 0.492 bits per heavy atom. The molecule has 0 aliphatic rings. The van der Waals surface area contributed by atoms with Crippen molar-refractivity contribution in [1.82, 2.24) is 29.9 Å². The number of rotatable bonds is 11. The molecular weight excluding hydrogens is 1500 g/mol. The van der Waals surface area contributed by atoms with Crippen molar-refractivity contribution in [2.45, 2.75) is 0 Å². The minimum atomic E-state index is 0.921. The molecule has 0 spiro atoms. The van der Waals surface area contributed by atoms with Crippen LogP contribution in [0.5, 0.6) is 0 Å². The van der Waals surface area contributed by atoms with E-state index in [0.29, 0.717) is 0 Å². The minimum Gasteiger partial charge on any atom is -0.264 e. The summed E-state index contributed by atoms with van der Waals surface area (Å²) in [5, 5.41) is 22.1. The second kappa shape index (κ2) is 32.3. The monoisotopic (exact) mass is 1580 g/mol. The van der Waals surface area contributed by atoms with Gasteiger partial charge in [-0.25, -0.2) is 4.98 Å². The number of hydrogen-bond donors (Lipinski definition) is 0. The minimum absolute atomic E-state index is 0.921. The van der Waals surface area contributed by atoms with Gasteiger partial charge >= 0.3 is 0 Å². The van der Waals surface area contributed by atoms with Crippen molar-refractivity contribution in [3.05, 3.63) is 462 Å². The Bertz CT molecular complexity index is 8220. The number of hydrogen-bond acceptors (Lipinski definition) is 6. The quantitative estimate of drug-likeness (QED) is 0.120. The summed E-state index contributed by atoms with van der Waals surface area (Å²) in [6, 6.07) is 150. The fraction of sp³-hybridized carbons (Fsp3) is 0. The van der Waals surface area contributed by atoms with E-state index in [-0.39, 0.29) is 0 Å². The molecule has 0 fully saturated rings. The second-order valence-electron chi connectivity index (χ2n) is 31.7. The summed E-state index contributed by atoms with van der Waals surface area (Å²) in [5.74, 6) is 0. The zero-order valence-electron chi connectivity index (χ0n) is 67.6. The van der Waals surface area contributed by atoms with Gasteiger partial charge in [0.2, 0.25) is 0 Å². The molecule has 0 saturated heterocycles. The van der Waals surface area contributed by atoms with Crippen molar-refractivity contribution in [3.8, 4) is 123 Å². The average Bonchev–Trinajstić information content (AvgIpc) is 0.727. The first kappa shape index (κ1) is 73.8. The number of benzene rings is 18. The molecule has 0 aliphatic heterocycles. The van der Waals surface area contributed by atoms with Gasteiger partial charge in [-0.1, -0.05) is 309 Å². The predicted octanol–water partition coefficient (Wildman–Crippen LogP) is 31.3. The fourth-order valence-corrected chi connectivity index (χ4v) is 18.0. The smallest absolute Gasteiger partial charge is 0.0725 e. The van der Waals surface area contributed by atoms with Gasteiger partial charge < -0.3 is 0 Å². The summed E-state index contributed by atoms with van der Waals surface area (Å²) < 4.78 is 0. The van der Waals surface area contributed by atoms with E-state index in [9.17, 15) is 0 Å². The highest BCUT2D eigenvalue weighted by atomic mass is 14.7. The summed E-state index contributed by atoms with van der Waals surface area (Å²) in [4.78, 5) is 28.1. The molecule has 124 heavy (non-hydrogen) atoms. The van der Waals surface area contributed by atoms with Gasteiger partial charge in [0.15, 0.2) is 0 Å². The Kier molecular flexibility index (Phi) is 19.2. The molecule has 0 saturated carbocycles. The van der Waals surface area contributed by atoms with Crippen molar-refractivity contribution in [1.29, 1.82) is 0 Å². The number of aromatic nitrogens is 6. The number of nitrogens with zero attached hydrogens (tertiary/aromatic N) is 6. The molecule has 6 heterocycles. The van der Waals surface area contributed by atoms with E-state index in [4.69, 9.17) is 19.9 Å². The highest BCUT2D eigenvalue weighted by molar-refractivity contribution is 6.24. The van der Waals surface area contributed by atoms with E-state index >= 15 is 0 Å². The third-order valence-electron chi connectivity index (χ3n) is 24.1. The largest absolute Gasteiger partial charge is 0.264 e. The first-order valence-electron chi connectivity index (χ1n) is 42.0. The summed E-state index contributed by atoms with van der Waals surface area (Å²) in [6.07, 6.45) is 13.4. The molecule has 6 aromatic heterocycles. The van der Waals surface area contributed by atoms with Crippen molar-refractivity contribution in [2.75, 3.05) is 0 Å². The van der Waals surface area contributed by atoms with E-state index in [1.807, 2.05) is 85.7 Å². The Morgan fingerprint density at radius 3 is 1.05 bits per heavy atom. The summed E-state index contributed by atoms with van der Waals surface area (Å²) >= 11 is 0. The lowest BCUT2D eigenvalue weighted by atomic mass is 9.84. The maximum absolute atomic E-state index is 4.99. The van der Waals surface area contributed by atoms with Crippen LogP contribution in [0, 0.1) is 0 Å². The van der Waals surface area contributed by atoms with Gasteiger partial charge in [0, 0.05) is 93.1 Å². The summed E-state index contributed by atoms with van der Waals surface area (Å²) in [7, 11) is 0. The molecule has 6 nitrogen and oxygen atoms in total. The summed E-state index contributed by atoms with van der Waals surface area (Å²) in [5.41, 5.74) is 26.9. The standard InChI is InChI=1S/C48H30N2.C36H24N2.C34H22N2/c1-3-11-33-23-37(19-17-31(33)9-1)47-42-14-6-7-15-43(42)48(38-20-18-32-10-2-4-12-34(32)24-38)45-27-35(21-22-44(45)47)39-26-40(29-49-28-39)41-25-36-13-5-8-16-46(36)50-30-41;1-3-10-25(11-4-1)35-30-15-7-8-16-31(30)36(26-12-5-2-6-13-26)33-22-27(17-19-32(33)35)28-18-20-34(38-24-28)29-14-9-21-37-23-29;1-2-7-23(8-3-1)24-13-14-25-19-30-20-28(16-15-26(30)18-29(25)17-24)33-11-6-12-34(36-33)31-21-27-9-4-5-10-32(27)35-22-31/h1-30H;1-24H;1-22H. The van der Waals surface area contributed by atoms with Gasteiger partial charge in [-0.3, -0.25) is 24.9 Å². The van der Waals surface area contributed by atoms with Crippen molar-refractivity contribution in [3.63, 3.8) is 0 Å². The van der Waals surface area contributed by atoms with Crippen LogP contribution < -0.4 is 0 Å². The topological polar surface area (TPSA) is 77.3 Å². The van der Waals surface area contributed by atoms with Crippen LogP contribution in [0.25, 0.3) is 231 Å². The zero-order chi connectivity index (χ0) is 82.2. The molecule has 0 atom stereocenters. The summed E-state index contributed by atoms with van der Waals surface area (Å²) in [6.45, 7) is 0. The maximum atomic E-state index is 4.99. The highest BCUT2D eigenvalue weighted by Crippen LogP contribution is 2.49. The molecule has 0 radical (unpaired) electrons. The van der Waals surface area contributed by atoms with Gasteiger partial charge in [-0.05, 0) is 262 Å². The molecule has 24 rings (SSSR count). The van der Waals surface area contributed by atoms with E-state index in [2.05, 4.69) is 380 Å². The van der Waals surface area contributed by atoms with Crippen LogP contribution in [0.2, 0.25) is 0 Å². The lowest BCUT2D eigenvalue weighted by molar-refractivity contribution is 1.28. The van der Waals surface area contributed by atoms with Crippen molar-refractivity contribution in [2.24, 2.45) is 0 Å². The third-order valence-corrected chi connectivity index (χ3v) is 24.1. The third kappa shape index (κ3) is 14.3. The molecule has 0 aliphatic carbocycles. The van der Waals surface area contributed by atoms with Gasteiger partial charge in [-0.15, -0.1) is 0 Å². The van der Waals surface area contributed by atoms with Crippen LogP contribution in [0.3, 0.4) is 0 Å². The number of para-hydroxylation sites is 2. The van der Waals surface area contributed by atoms with E-state index in [1.54, 1.807) is 6.20 Å². The van der Waals surface area contributed by atoms with Gasteiger partial charge in [-0.2, -0.15) is 0 Å². The fourth-order valence-electron chi connectivity index (χ4n) is 18.0. The van der Waals surface area contributed by atoms with E-state index in [0.717, 1.165) is 89.0 Å². The van der Waals surface area contributed by atoms with Gasteiger partial charge in [0.1, 0.15) is 0 Å². The highest BCUT2D eigenvalue weighted by Gasteiger charge is 2.22. The van der Waals surface area contributed by atoms with E-state index in [1.165, 1.54) is 142 Å². The SMILES string of the molecule is c1ccc(-c2c3ccccc3c(-c3ccccc3)c3cc(-c4ccc(-c5cccnc5)nc4)ccc23)cc1.c1ccc(-c2ccc3cc4cc(-c5cccc(-c6cnc7ccccc7c6)n5)ccc4cc3c2)cc1.c1ccc2cc(-c3c4ccccc4c(-c4ccc5ccccc5c4)c4cc(-c5cncc(-c6cnc7ccccc7c6)c5)ccc34)ccc2c1. The maximum Gasteiger partial charge on any atom is 0.0725 e. The zero-order valence-corrected chi connectivity index (χ0v) is 67.6. The molecule has 0 unspecified atom stereocenters. The number of pyridine rings is 6. The Hall–Kier alpha value is -16.5. The Balaban J connectivity index is 0.000000113. The van der Waals surface area contributed by atoms with Crippen LogP contribution in [-0.2, 0) is 0 Å². The molecular formula is C118H76N6. The predicted molar refractivity (Wildman–Crippen MR) is 521 cm³/mol. The average molecular weight is 1580 g/mol. The van der Waals surface area contributed by atoms with Crippen LogP contribution in [0.15, 0.2) is 462 Å². The normalized spacial score (nSPS) is 11.4. The Morgan fingerprint density at radius 1 is 0.137 bits per heavy atom. The molecule has 18 aromatic carbocycles. The lowest BCUT2D eigenvalue weighted by Gasteiger charge is -2.19. The van der Waals surface area contributed by atoms with Gasteiger partial charge in [0.25, 0.3) is 0 Å². The van der Waals surface area contributed by atoms with Gasteiger partial charge in [0.05, 0.1) is 28.1 Å². The number of fused-ring (bicyclic) bond motifs is 10. The van der Waals surface area contributed by atoms with Crippen LogP contribution >= 0.6 is 0 Å². The molecule has 578 valence electrons. The second-order valence-corrected chi connectivity index (χ2v) is 31.7. The van der Waals surface area contributed by atoms with Crippen LogP contribution in [0.4, 0.5) is 0 Å². The molecule has 0 N–H and O–H groups in total. The van der Waals surface area contributed by atoms with E-state index < -0.39 is 0 Å². The van der Waals surface area contributed by atoms with Crippen LogP contribution in [0.1, 0.15) is 0 Å². The van der Waals surface area contributed by atoms with Crippen molar-refractivity contribution >= 4 is 108 Å². The van der Waals surface area contributed by atoms with Crippen molar-refractivity contribution < 1.29 is 0 Å². The molecule has 24 aromatic rings. The lowest BCUT2D eigenvalue weighted by Crippen LogP contribution is -1.92. The Labute approximate surface area is 717 Å². The molecule has 0 bridgehead atoms.